The van der Waals surface area contributed by atoms with Gasteiger partial charge < -0.3 is 13.7 Å². The van der Waals surface area contributed by atoms with Gasteiger partial charge in [0.2, 0.25) is 0 Å². The van der Waals surface area contributed by atoms with Crippen LogP contribution in [0.25, 0.3) is 110 Å². The predicted octanol–water partition coefficient (Wildman–Crippen LogP) is 17.0. The number of anilines is 3. The smallest absolute Gasteiger partial charge is 0.166 e. The van der Waals surface area contributed by atoms with E-state index in [-0.39, 0.29) is 5.41 Å². The van der Waals surface area contributed by atoms with E-state index >= 15 is 0 Å². The van der Waals surface area contributed by atoms with E-state index in [0.717, 1.165) is 94.7 Å². The number of benzene rings is 9. The van der Waals surface area contributed by atoms with Gasteiger partial charge in [0.15, 0.2) is 5.82 Å². The first-order valence-electron chi connectivity index (χ1n) is 25.4. The second-order valence-electron chi connectivity index (χ2n) is 20.2. The molecule has 0 amide bonds. The number of nitrogens with zero attached hydrogens (tertiary/aromatic N) is 7. The summed E-state index contributed by atoms with van der Waals surface area (Å²) in [7, 11) is 0. The zero-order chi connectivity index (χ0) is 48.8. The molecular weight excluding hydrogens is 903 g/mol. The van der Waals surface area contributed by atoms with Gasteiger partial charge in [0.1, 0.15) is 11.5 Å². The lowest BCUT2D eigenvalue weighted by Gasteiger charge is -2.41. The lowest BCUT2D eigenvalue weighted by atomic mass is 9.74. The van der Waals surface area contributed by atoms with Crippen LogP contribution >= 0.6 is 0 Å². The molecule has 0 unspecified atom stereocenters. The van der Waals surface area contributed by atoms with Gasteiger partial charge in [-0.1, -0.05) is 159 Å². The van der Waals surface area contributed by atoms with Gasteiger partial charge in [0.25, 0.3) is 0 Å². The van der Waals surface area contributed by atoms with Crippen molar-refractivity contribution >= 4 is 104 Å². The topological polar surface area (TPSA) is 48.7 Å². The molecule has 74 heavy (non-hydrogen) atoms. The molecule has 0 saturated heterocycles. The lowest BCUT2D eigenvalue weighted by Crippen LogP contribution is -2.31. The molecule has 0 bridgehead atoms. The highest BCUT2D eigenvalue weighted by Gasteiger charge is 2.38. The third kappa shape index (κ3) is 5.50. The summed E-state index contributed by atoms with van der Waals surface area (Å²) in [5.41, 5.74) is 16.1. The highest BCUT2D eigenvalue weighted by Crippen LogP contribution is 2.53. The van der Waals surface area contributed by atoms with Crippen molar-refractivity contribution in [2.45, 2.75) is 19.3 Å². The van der Waals surface area contributed by atoms with E-state index in [4.69, 9.17) is 9.97 Å². The molecule has 16 rings (SSSR count). The molecule has 0 N–H and O–H groups in total. The molecule has 7 nitrogen and oxygen atoms in total. The molecule has 6 aromatic heterocycles. The van der Waals surface area contributed by atoms with Gasteiger partial charge in [0.05, 0.1) is 67.4 Å². The van der Waals surface area contributed by atoms with Crippen LogP contribution in [0.2, 0.25) is 0 Å². The van der Waals surface area contributed by atoms with Crippen LogP contribution in [0.5, 0.6) is 0 Å². The molecular formula is C67H45N7. The van der Waals surface area contributed by atoms with Crippen LogP contribution in [-0.2, 0) is 5.41 Å². The van der Waals surface area contributed by atoms with E-state index < -0.39 is 0 Å². The molecule has 0 saturated carbocycles. The van der Waals surface area contributed by atoms with Crippen molar-refractivity contribution in [3.63, 3.8) is 0 Å². The minimum Gasteiger partial charge on any atom is -0.309 e. The van der Waals surface area contributed by atoms with Crippen LogP contribution in [-0.4, -0.2) is 28.2 Å². The molecule has 0 atom stereocenters. The quantitative estimate of drug-likeness (QED) is 0.173. The van der Waals surface area contributed by atoms with Crippen molar-refractivity contribution in [2.75, 3.05) is 4.90 Å². The Balaban J connectivity index is 1.11. The standard InChI is InChI=1S/C67H45N7/c1-67(2)51-26-10-18-34-61(51)72(63-41-68-38-37-52(63)67)64-40-62(71-55-29-13-5-21-45(55)46-22-6-14-30-56(46)71)65(66(69-64)74-58-32-16-7-23-47(58)48-24-8-17-33-59(48)74)73-57-31-15-9-25-49(57)50-39-42(35-36-60(50)73)70-53-27-11-3-19-43(53)44-20-4-12-28-54(44)70/h3-41H,1-2H3. The SMILES string of the molecule is CC1(C)c2ccccc2N(c2cc(-n3c4ccccc4c4ccccc43)c(-n3c4ccccc4c4cc(-n5c6ccccc6c6ccccc65)ccc43)c(-n3c4ccccc4c4ccccc43)n2)c2cnccc21. The largest absolute Gasteiger partial charge is 0.309 e. The first kappa shape index (κ1) is 41.0. The van der Waals surface area contributed by atoms with Gasteiger partial charge in [-0.25, -0.2) is 4.98 Å². The fourth-order valence-electron chi connectivity index (χ4n) is 12.8. The number of pyridine rings is 2. The van der Waals surface area contributed by atoms with Gasteiger partial charge in [-0.2, -0.15) is 0 Å². The average Bonchev–Trinajstić information content (AvgIpc) is 4.18. The Kier molecular flexibility index (Phi) is 8.38. The van der Waals surface area contributed by atoms with Crippen molar-refractivity contribution in [3.05, 3.63) is 248 Å². The summed E-state index contributed by atoms with van der Waals surface area (Å²) in [4.78, 5) is 13.3. The summed E-state index contributed by atoms with van der Waals surface area (Å²) in [6.07, 6.45) is 3.94. The normalized spacial score (nSPS) is 13.4. The van der Waals surface area contributed by atoms with E-state index in [9.17, 15) is 0 Å². The molecule has 0 aliphatic carbocycles. The number of para-hydroxylation sites is 8. The van der Waals surface area contributed by atoms with Crippen molar-refractivity contribution in [2.24, 2.45) is 0 Å². The summed E-state index contributed by atoms with van der Waals surface area (Å²) in [5.74, 6) is 1.59. The second kappa shape index (κ2) is 15.2. The lowest BCUT2D eigenvalue weighted by molar-refractivity contribution is 0.630. The summed E-state index contributed by atoms with van der Waals surface area (Å²) in [6, 6.07) is 82.0. The third-order valence-corrected chi connectivity index (χ3v) is 16.0. The van der Waals surface area contributed by atoms with Crippen LogP contribution in [0.1, 0.15) is 25.0 Å². The van der Waals surface area contributed by atoms with Crippen LogP contribution in [0.15, 0.2) is 237 Å². The highest BCUT2D eigenvalue weighted by atomic mass is 15.3. The highest BCUT2D eigenvalue weighted by molar-refractivity contribution is 6.15. The number of aromatic nitrogens is 6. The van der Waals surface area contributed by atoms with Crippen LogP contribution in [0, 0.1) is 0 Å². The summed E-state index contributed by atoms with van der Waals surface area (Å²) >= 11 is 0. The fourth-order valence-corrected chi connectivity index (χ4v) is 12.8. The van der Waals surface area contributed by atoms with Gasteiger partial charge in [-0.05, 0) is 83.9 Å². The number of hydrogen-bond acceptors (Lipinski definition) is 3. The Morgan fingerprint density at radius 3 is 1.30 bits per heavy atom. The van der Waals surface area contributed by atoms with Crippen molar-refractivity contribution in [3.8, 4) is 22.9 Å². The zero-order valence-corrected chi connectivity index (χ0v) is 40.6. The number of fused-ring (bicyclic) bond motifs is 14. The maximum atomic E-state index is 6.13. The van der Waals surface area contributed by atoms with Gasteiger partial charge in [-0.3, -0.25) is 14.5 Å². The Morgan fingerprint density at radius 1 is 0.338 bits per heavy atom. The summed E-state index contributed by atoms with van der Waals surface area (Å²) < 4.78 is 9.82. The molecule has 7 heteroatoms. The summed E-state index contributed by atoms with van der Waals surface area (Å²) in [5, 5.41) is 9.48. The molecule has 0 fully saturated rings. The van der Waals surface area contributed by atoms with E-state index in [1.807, 2.05) is 12.4 Å². The Labute approximate surface area is 425 Å². The monoisotopic (exact) mass is 947 g/mol. The maximum absolute atomic E-state index is 6.13. The number of rotatable bonds is 5. The van der Waals surface area contributed by atoms with Gasteiger partial charge in [0, 0.05) is 66.5 Å². The molecule has 7 heterocycles. The van der Waals surface area contributed by atoms with Crippen LogP contribution < -0.4 is 4.90 Å². The fraction of sp³-hybridized carbons (Fsp3) is 0.0448. The molecule has 0 spiro atoms. The van der Waals surface area contributed by atoms with E-state index in [1.54, 1.807) is 0 Å². The minimum atomic E-state index is -0.294. The van der Waals surface area contributed by atoms with E-state index in [2.05, 4.69) is 261 Å². The Morgan fingerprint density at radius 2 is 0.757 bits per heavy atom. The Hall–Kier alpha value is -9.72. The van der Waals surface area contributed by atoms with Gasteiger partial charge >= 0.3 is 0 Å². The molecule has 15 aromatic rings. The van der Waals surface area contributed by atoms with E-state index in [0.29, 0.717) is 0 Å². The third-order valence-electron chi connectivity index (χ3n) is 16.0. The summed E-state index contributed by atoms with van der Waals surface area (Å²) in [6.45, 7) is 4.64. The minimum absolute atomic E-state index is 0.294. The average molecular weight is 948 g/mol. The first-order chi connectivity index (χ1) is 36.5. The predicted molar refractivity (Wildman–Crippen MR) is 306 cm³/mol. The zero-order valence-electron chi connectivity index (χ0n) is 40.6. The molecule has 348 valence electrons. The second-order valence-corrected chi connectivity index (χ2v) is 20.2. The van der Waals surface area contributed by atoms with Crippen molar-refractivity contribution in [1.82, 2.24) is 28.2 Å². The van der Waals surface area contributed by atoms with Gasteiger partial charge in [-0.15, -0.1) is 0 Å². The van der Waals surface area contributed by atoms with Crippen molar-refractivity contribution in [1.29, 1.82) is 0 Å². The molecule has 1 aliphatic heterocycles. The van der Waals surface area contributed by atoms with E-state index in [1.165, 1.54) is 43.7 Å². The molecule has 9 aromatic carbocycles. The van der Waals surface area contributed by atoms with Crippen LogP contribution in [0.4, 0.5) is 17.2 Å². The molecule has 0 radical (unpaired) electrons. The number of hydrogen-bond donors (Lipinski definition) is 0. The molecule has 1 aliphatic rings. The maximum Gasteiger partial charge on any atom is 0.166 e. The Bertz CT molecular complexity index is 4500. The van der Waals surface area contributed by atoms with Crippen molar-refractivity contribution < 1.29 is 0 Å². The first-order valence-corrected chi connectivity index (χ1v) is 25.4. The van der Waals surface area contributed by atoms with Crippen LogP contribution in [0.3, 0.4) is 0 Å².